The van der Waals surface area contributed by atoms with Gasteiger partial charge < -0.3 is 19.7 Å². The minimum atomic E-state index is 0.0331. The van der Waals surface area contributed by atoms with Crippen molar-refractivity contribution < 1.29 is 14.3 Å². The summed E-state index contributed by atoms with van der Waals surface area (Å²) in [4.78, 5) is 14.6. The molecule has 1 aromatic rings. The lowest BCUT2D eigenvalue weighted by Gasteiger charge is -2.29. The van der Waals surface area contributed by atoms with Crippen LogP contribution in [0, 0.1) is 0 Å². The number of amides is 2. The Bertz CT molecular complexity index is 533. The number of hydrogen-bond donors (Lipinski definition) is 1. The molecule has 0 aliphatic heterocycles. The molecule has 134 valence electrons. The van der Waals surface area contributed by atoms with Gasteiger partial charge in [0.2, 0.25) is 0 Å². The van der Waals surface area contributed by atoms with E-state index < -0.39 is 0 Å². The molecule has 1 fully saturated rings. The summed E-state index contributed by atoms with van der Waals surface area (Å²) in [7, 11) is 3.26. The molecule has 0 radical (unpaired) electrons. The van der Waals surface area contributed by atoms with Crippen LogP contribution in [0.4, 0.5) is 4.79 Å². The van der Waals surface area contributed by atoms with Crippen molar-refractivity contribution in [3.63, 3.8) is 0 Å². The first kappa shape index (κ1) is 18.8. The molecule has 0 bridgehead atoms. The Balaban J connectivity index is 2.10. The van der Waals surface area contributed by atoms with E-state index in [0.717, 1.165) is 24.2 Å². The Morgan fingerprint density at radius 3 is 2.58 bits per heavy atom. The van der Waals surface area contributed by atoms with E-state index in [9.17, 15) is 4.79 Å². The van der Waals surface area contributed by atoms with Crippen molar-refractivity contribution in [2.24, 2.45) is 0 Å². The fourth-order valence-electron chi connectivity index (χ4n) is 3.12. The van der Waals surface area contributed by atoms with E-state index in [1.54, 1.807) is 26.0 Å². The number of thioether (sulfide) groups is 1. The summed E-state index contributed by atoms with van der Waals surface area (Å²) in [5.41, 5.74) is 1.06. The molecule has 0 saturated heterocycles. The van der Waals surface area contributed by atoms with Crippen molar-refractivity contribution in [3.05, 3.63) is 23.8 Å². The van der Waals surface area contributed by atoms with E-state index in [-0.39, 0.29) is 6.03 Å². The maximum Gasteiger partial charge on any atom is 0.317 e. The Morgan fingerprint density at radius 1 is 1.25 bits per heavy atom. The monoisotopic (exact) mass is 352 g/mol. The van der Waals surface area contributed by atoms with Gasteiger partial charge in [-0.05, 0) is 36.8 Å². The number of rotatable bonds is 8. The average molecular weight is 353 g/mol. The first-order valence-corrected chi connectivity index (χ1v) is 9.83. The average Bonchev–Trinajstić information content (AvgIpc) is 3.13. The molecule has 6 heteroatoms. The van der Waals surface area contributed by atoms with E-state index in [2.05, 4.69) is 5.32 Å². The summed E-state index contributed by atoms with van der Waals surface area (Å²) in [6, 6.07) is 6.21. The third-order valence-corrected chi connectivity index (χ3v) is 5.02. The molecule has 2 rings (SSSR count). The molecule has 0 atom stereocenters. The lowest BCUT2D eigenvalue weighted by atomic mass is 10.1. The zero-order chi connectivity index (χ0) is 17.4. The largest absolute Gasteiger partial charge is 0.493 e. The van der Waals surface area contributed by atoms with Gasteiger partial charge >= 0.3 is 6.03 Å². The van der Waals surface area contributed by atoms with Crippen LogP contribution in [-0.2, 0) is 6.54 Å². The molecular weight excluding hydrogens is 324 g/mol. The summed E-state index contributed by atoms with van der Waals surface area (Å²) in [5.74, 6) is 2.34. The van der Waals surface area contributed by atoms with Crippen LogP contribution in [0.15, 0.2) is 18.2 Å². The van der Waals surface area contributed by atoms with Crippen LogP contribution in [0.1, 0.15) is 31.2 Å². The van der Waals surface area contributed by atoms with Crippen LogP contribution in [0.3, 0.4) is 0 Å². The lowest BCUT2D eigenvalue weighted by Crippen LogP contribution is -2.45. The second-order valence-electron chi connectivity index (χ2n) is 5.98. The number of urea groups is 1. The first-order chi connectivity index (χ1) is 11.7. The second-order valence-corrected chi connectivity index (χ2v) is 6.97. The first-order valence-electron chi connectivity index (χ1n) is 8.44. The Labute approximate surface area is 149 Å². The lowest BCUT2D eigenvalue weighted by molar-refractivity contribution is 0.171. The summed E-state index contributed by atoms with van der Waals surface area (Å²) in [5, 5.41) is 3.04. The van der Waals surface area contributed by atoms with Crippen LogP contribution in [0.5, 0.6) is 11.5 Å². The molecule has 1 aromatic carbocycles. The van der Waals surface area contributed by atoms with Gasteiger partial charge in [-0.3, -0.25) is 0 Å². The Hall–Kier alpha value is -1.56. The third kappa shape index (κ3) is 4.97. The highest BCUT2D eigenvalue weighted by atomic mass is 32.2. The van der Waals surface area contributed by atoms with Gasteiger partial charge in [-0.2, -0.15) is 11.8 Å². The molecule has 24 heavy (non-hydrogen) atoms. The Morgan fingerprint density at radius 2 is 1.96 bits per heavy atom. The molecule has 5 nitrogen and oxygen atoms in total. The topological polar surface area (TPSA) is 50.8 Å². The zero-order valence-electron chi connectivity index (χ0n) is 14.8. The number of ether oxygens (including phenoxy) is 2. The highest BCUT2D eigenvalue weighted by Gasteiger charge is 2.26. The molecule has 1 saturated carbocycles. The standard InChI is InChI=1S/C18H28N2O3S/c1-22-16-9-8-14(12-17(16)23-2)13-20(15-6-4-5-7-15)18(21)19-10-11-24-3/h8-9,12,15H,4-7,10-11,13H2,1-3H3,(H,19,21). The van der Waals surface area contributed by atoms with Gasteiger partial charge in [0.15, 0.2) is 11.5 Å². The zero-order valence-corrected chi connectivity index (χ0v) is 15.7. The number of nitrogens with zero attached hydrogens (tertiary/aromatic N) is 1. The molecule has 0 aromatic heterocycles. The van der Waals surface area contributed by atoms with Crippen molar-refractivity contribution in [3.8, 4) is 11.5 Å². The maximum absolute atomic E-state index is 12.6. The fraction of sp³-hybridized carbons (Fsp3) is 0.611. The van der Waals surface area contributed by atoms with Gasteiger partial charge in [-0.1, -0.05) is 18.9 Å². The molecule has 0 heterocycles. The number of carbonyl (C=O) groups is 1. The number of benzene rings is 1. The number of carbonyl (C=O) groups excluding carboxylic acids is 1. The quantitative estimate of drug-likeness (QED) is 0.727. The van der Waals surface area contributed by atoms with Gasteiger partial charge in [0.1, 0.15) is 0 Å². The van der Waals surface area contributed by atoms with Crippen LogP contribution < -0.4 is 14.8 Å². The van der Waals surface area contributed by atoms with Crippen LogP contribution >= 0.6 is 11.8 Å². The predicted molar refractivity (Wildman–Crippen MR) is 99.1 cm³/mol. The van der Waals surface area contributed by atoms with E-state index in [0.29, 0.717) is 30.6 Å². The summed E-state index contributed by atoms with van der Waals surface area (Å²) in [6.45, 7) is 1.30. The minimum absolute atomic E-state index is 0.0331. The summed E-state index contributed by atoms with van der Waals surface area (Å²) >= 11 is 1.74. The molecule has 1 aliphatic rings. The van der Waals surface area contributed by atoms with E-state index in [1.807, 2.05) is 29.4 Å². The van der Waals surface area contributed by atoms with Gasteiger partial charge in [-0.25, -0.2) is 4.79 Å². The van der Waals surface area contributed by atoms with Crippen molar-refractivity contribution >= 4 is 17.8 Å². The number of methoxy groups -OCH3 is 2. The number of nitrogens with one attached hydrogen (secondary N) is 1. The maximum atomic E-state index is 12.6. The van der Waals surface area contributed by atoms with Crippen molar-refractivity contribution in [2.75, 3.05) is 32.8 Å². The van der Waals surface area contributed by atoms with Crippen molar-refractivity contribution in [1.29, 1.82) is 0 Å². The van der Waals surface area contributed by atoms with Gasteiger partial charge in [-0.15, -0.1) is 0 Å². The summed E-state index contributed by atoms with van der Waals surface area (Å²) in [6.07, 6.45) is 6.62. The van der Waals surface area contributed by atoms with Crippen LogP contribution in [0.25, 0.3) is 0 Å². The smallest absolute Gasteiger partial charge is 0.317 e. The molecule has 2 amide bonds. The molecule has 0 unspecified atom stereocenters. The Kier molecular flexibility index (Phi) is 7.56. The van der Waals surface area contributed by atoms with Gasteiger partial charge in [0, 0.05) is 24.9 Å². The normalized spacial score (nSPS) is 14.5. The molecule has 1 aliphatic carbocycles. The number of hydrogen-bond acceptors (Lipinski definition) is 4. The fourth-order valence-corrected chi connectivity index (χ4v) is 3.43. The van der Waals surface area contributed by atoms with E-state index >= 15 is 0 Å². The van der Waals surface area contributed by atoms with E-state index in [4.69, 9.17) is 9.47 Å². The highest BCUT2D eigenvalue weighted by molar-refractivity contribution is 7.98. The van der Waals surface area contributed by atoms with Gasteiger partial charge in [0.25, 0.3) is 0 Å². The molecule has 0 spiro atoms. The third-order valence-electron chi connectivity index (χ3n) is 4.41. The summed E-state index contributed by atoms with van der Waals surface area (Å²) < 4.78 is 10.7. The second kappa shape index (κ2) is 9.67. The SMILES string of the molecule is COc1ccc(CN(C(=O)NCCSC)C2CCCC2)cc1OC. The highest BCUT2D eigenvalue weighted by Crippen LogP contribution is 2.30. The van der Waals surface area contributed by atoms with E-state index in [1.165, 1.54) is 12.8 Å². The van der Waals surface area contributed by atoms with Crippen LogP contribution in [0.2, 0.25) is 0 Å². The predicted octanol–water partition coefficient (Wildman–Crippen LogP) is 3.52. The molecule has 1 N–H and O–H groups in total. The molecular formula is C18H28N2O3S. The van der Waals surface area contributed by atoms with Gasteiger partial charge in [0.05, 0.1) is 14.2 Å². The van der Waals surface area contributed by atoms with Crippen molar-refractivity contribution in [2.45, 2.75) is 38.3 Å². The van der Waals surface area contributed by atoms with Crippen LogP contribution in [-0.4, -0.2) is 49.7 Å². The minimum Gasteiger partial charge on any atom is -0.493 e. The van der Waals surface area contributed by atoms with Crippen molar-refractivity contribution in [1.82, 2.24) is 10.2 Å².